The minimum Gasteiger partial charge on any atom is -0.337 e. The summed E-state index contributed by atoms with van der Waals surface area (Å²) in [5, 5.41) is 15.6. The van der Waals surface area contributed by atoms with Gasteiger partial charge in [0.1, 0.15) is 5.54 Å². The van der Waals surface area contributed by atoms with Crippen molar-refractivity contribution in [2.24, 2.45) is 5.92 Å². The summed E-state index contributed by atoms with van der Waals surface area (Å²) in [5.74, 6) is 0.325. The van der Waals surface area contributed by atoms with Crippen LogP contribution < -0.4 is 10.6 Å². The van der Waals surface area contributed by atoms with E-state index in [2.05, 4.69) is 28.5 Å². The molecule has 2 N–H and O–H groups in total. The molecule has 5 nitrogen and oxygen atoms in total. The minimum absolute atomic E-state index is 0.0127. The van der Waals surface area contributed by atoms with E-state index in [-0.39, 0.29) is 5.91 Å². The number of rotatable bonds is 7. The summed E-state index contributed by atoms with van der Waals surface area (Å²) >= 11 is 0. The Morgan fingerprint density at radius 1 is 1.50 bits per heavy atom. The molecule has 1 amide bonds. The number of hydrogen-bond acceptors (Lipinski definition) is 4. The first-order valence-corrected chi connectivity index (χ1v) is 7.76. The van der Waals surface area contributed by atoms with Crippen LogP contribution in [0.3, 0.4) is 0 Å². The van der Waals surface area contributed by atoms with Gasteiger partial charge in [-0.1, -0.05) is 6.92 Å². The molecular weight excluding hydrogens is 252 g/mol. The van der Waals surface area contributed by atoms with Gasteiger partial charge in [0.25, 0.3) is 0 Å². The summed E-state index contributed by atoms with van der Waals surface area (Å²) in [6, 6.07) is 2.74. The van der Waals surface area contributed by atoms with Crippen LogP contribution in [0.5, 0.6) is 0 Å². The molecule has 2 unspecified atom stereocenters. The van der Waals surface area contributed by atoms with E-state index >= 15 is 0 Å². The molecule has 1 saturated heterocycles. The first-order valence-electron chi connectivity index (χ1n) is 7.76. The molecule has 2 aliphatic rings. The highest BCUT2D eigenvalue weighted by Gasteiger charge is 2.43. The van der Waals surface area contributed by atoms with Crippen molar-refractivity contribution < 1.29 is 4.79 Å². The van der Waals surface area contributed by atoms with Crippen LogP contribution in [-0.2, 0) is 4.79 Å². The van der Waals surface area contributed by atoms with E-state index in [9.17, 15) is 10.1 Å². The zero-order chi connectivity index (χ0) is 14.6. The largest absolute Gasteiger partial charge is 0.337 e. The summed E-state index contributed by atoms with van der Waals surface area (Å²) in [6.45, 7) is 7.33. The first kappa shape index (κ1) is 15.3. The molecule has 20 heavy (non-hydrogen) atoms. The zero-order valence-corrected chi connectivity index (χ0v) is 12.6. The predicted octanol–water partition coefficient (Wildman–Crippen LogP) is 0.869. The van der Waals surface area contributed by atoms with Crippen LogP contribution in [0.4, 0.5) is 0 Å². The summed E-state index contributed by atoms with van der Waals surface area (Å²) in [5.41, 5.74) is -0.678. The number of hydrogen-bond donors (Lipinski definition) is 2. The number of nitriles is 1. The smallest absolute Gasteiger partial charge is 0.235 e. The van der Waals surface area contributed by atoms with Gasteiger partial charge in [0.2, 0.25) is 5.91 Å². The van der Waals surface area contributed by atoms with Crippen molar-refractivity contribution in [3.63, 3.8) is 0 Å². The molecule has 2 atom stereocenters. The van der Waals surface area contributed by atoms with Gasteiger partial charge in [-0.05, 0) is 51.6 Å². The molecule has 1 aliphatic heterocycles. The molecule has 0 radical (unpaired) electrons. The molecule has 112 valence electrons. The second-order valence-electron chi connectivity index (χ2n) is 6.25. The van der Waals surface area contributed by atoms with E-state index in [1.165, 1.54) is 0 Å². The summed E-state index contributed by atoms with van der Waals surface area (Å²) in [4.78, 5) is 14.5. The Labute approximate surface area is 121 Å². The molecule has 1 saturated carbocycles. The lowest BCUT2D eigenvalue weighted by Gasteiger charge is -2.29. The van der Waals surface area contributed by atoms with Crippen molar-refractivity contribution in [1.29, 1.82) is 5.26 Å². The topological polar surface area (TPSA) is 68.2 Å². The van der Waals surface area contributed by atoms with Crippen LogP contribution >= 0.6 is 0 Å². The third kappa shape index (κ3) is 3.71. The zero-order valence-electron chi connectivity index (χ0n) is 12.6. The highest BCUT2D eigenvalue weighted by molar-refractivity contribution is 5.79. The van der Waals surface area contributed by atoms with Gasteiger partial charge in [0.15, 0.2) is 0 Å². The highest BCUT2D eigenvalue weighted by Crippen LogP contribution is 2.39. The maximum absolute atomic E-state index is 12.3. The van der Waals surface area contributed by atoms with Crippen LogP contribution in [0.1, 0.15) is 39.5 Å². The SMILES string of the molecule is CCCN(CC(=O)NC(C)(C#N)C1CC1)C1CCNC1. The molecule has 1 heterocycles. The second-order valence-corrected chi connectivity index (χ2v) is 6.25. The van der Waals surface area contributed by atoms with E-state index in [0.29, 0.717) is 18.5 Å². The van der Waals surface area contributed by atoms with E-state index in [0.717, 1.165) is 45.3 Å². The summed E-state index contributed by atoms with van der Waals surface area (Å²) < 4.78 is 0. The average Bonchev–Trinajstić information content (AvgIpc) is 3.14. The highest BCUT2D eigenvalue weighted by atomic mass is 16.2. The van der Waals surface area contributed by atoms with Crippen molar-refractivity contribution in [1.82, 2.24) is 15.5 Å². The first-order chi connectivity index (χ1) is 9.59. The van der Waals surface area contributed by atoms with Gasteiger partial charge < -0.3 is 10.6 Å². The molecule has 0 spiro atoms. The molecule has 2 rings (SSSR count). The van der Waals surface area contributed by atoms with Crippen LogP contribution in [0.25, 0.3) is 0 Å². The minimum atomic E-state index is -0.678. The van der Waals surface area contributed by atoms with Crippen molar-refractivity contribution in [2.45, 2.75) is 51.1 Å². The van der Waals surface area contributed by atoms with E-state index < -0.39 is 5.54 Å². The lowest BCUT2D eigenvalue weighted by molar-refractivity contribution is -0.124. The maximum Gasteiger partial charge on any atom is 0.235 e. The third-order valence-electron chi connectivity index (χ3n) is 4.43. The molecule has 0 aromatic rings. The lowest BCUT2D eigenvalue weighted by atomic mass is 9.98. The van der Waals surface area contributed by atoms with Gasteiger partial charge in [0.05, 0.1) is 12.6 Å². The van der Waals surface area contributed by atoms with Crippen LogP contribution in [0.2, 0.25) is 0 Å². The van der Waals surface area contributed by atoms with Crippen LogP contribution in [0, 0.1) is 17.2 Å². The Morgan fingerprint density at radius 2 is 2.25 bits per heavy atom. The Bertz CT molecular complexity index is 382. The number of carbonyl (C=O) groups is 1. The van der Waals surface area contributed by atoms with Gasteiger partial charge >= 0.3 is 0 Å². The number of nitrogens with one attached hydrogen (secondary N) is 2. The lowest BCUT2D eigenvalue weighted by Crippen LogP contribution is -2.52. The molecule has 1 aliphatic carbocycles. The quantitative estimate of drug-likeness (QED) is 0.725. The summed E-state index contributed by atoms with van der Waals surface area (Å²) in [7, 11) is 0. The van der Waals surface area contributed by atoms with Crippen molar-refractivity contribution in [3.8, 4) is 6.07 Å². The Hall–Kier alpha value is -1.12. The van der Waals surface area contributed by atoms with Gasteiger partial charge in [-0.15, -0.1) is 0 Å². The monoisotopic (exact) mass is 278 g/mol. The van der Waals surface area contributed by atoms with Crippen LogP contribution in [-0.4, -0.2) is 48.6 Å². The molecule has 0 aromatic carbocycles. The van der Waals surface area contributed by atoms with Gasteiger partial charge in [-0.2, -0.15) is 5.26 Å². The molecule has 0 aromatic heterocycles. The maximum atomic E-state index is 12.3. The van der Waals surface area contributed by atoms with Gasteiger partial charge in [-0.25, -0.2) is 0 Å². The number of amides is 1. The molecule has 5 heteroatoms. The fourth-order valence-electron chi connectivity index (χ4n) is 3.02. The Kier molecular flexibility index (Phi) is 5.00. The fraction of sp³-hybridized carbons (Fsp3) is 0.867. The van der Waals surface area contributed by atoms with E-state index in [1.807, 2.05) is 6.92 Å². The predicted molar refractivity (Wildman–Crippen MR) is 78.0 cm³/mol. The van der Waals surface area contributed by atoms with E-state index in [4.69, 9.17) is 0 Å². The van der Waals surface area contributed by atoms with Crippen LogP contribution in [0.15, 0.2) is 0 Å². The van der Waals surface area contributed by atoms with Crippen molar-refractivity contribution in [3.05, 3.63) is 0 Å². The fourth-order valence-corrected chi connectivity index (χ4v) is 3.02. The molecule has 0 bridgehead atoms. The number of nitrogens with zero attached hydrogens (tertiary/aromatic N) is 2. The normalized spacial score (nSPS) is 25.2. The Balaban J connectivity index is 1.89. The van der Waals surface area contributed by atoms with Gasteiger partial charge in [-0.3, -0.25) is 9.69 Å². The van der Waals surface area contributed by atoms with Crippen molar-refractivity contribution in [2.75, 3.05) is 26.2 Å². The second kappa shape index (κ2) is 6.55. The Morgan fingerprint density at radius 3 is 2.75 bits per heavy atom. The summed E-state index contributed by atoms with van der Waals surface area (Å²) in [6.07, 6.45) is 4.25. The number of carbonyl (C=O) groups excluding carboxylic acids is 1. The molecule has 2 fully saturated rings. The van der Waals surface area contributed by atoms with Gasteiger partial charge in [0, 0.05) is 12.6 Å². The van der Waals surface area contributed by atoms with E-state index in [1.54, 1.807) is 0 Å². The standard InChI is InChI=1S/C15H26N4O/c1-3-8-19(13-6-7-17-9-13)10-14(20)18-15(2,11-16)12-4-5-12/h12-13,17H,3-10H2,1-2H3,(H,18,20). The van der Waals surface area contributed by atoms with Crippen molar-refractivity contribution >= 4 is 5.91 Å². The molecular formula is C15H26N4O. The third-order valence-corrected chi connectivity index (χ3v) is 4.43. The average molecular weight is 278 g/mol.